The number of hydrogen-bond donors (Lipinski definition) is 0. The van der Waals surface area contributed by atoms with Crippen molar-refractivity contribution in [1.82, 2.24) is 14.5 Å². The number of hydrogen-bond acceptors (Lipinski definition) is 2. The second-order valence-corrected chi connectivity index (χ2v) is 6.49. The molecule has 3 atom stereocenters. The van der Waals surface area contributed by atoms with Gasteiger partial charge in [0.15, 0.2) is 5.65 Å². The highest BCUT2D eigenvalue weighted by Crippen LogP contribution is 2.41. The number of aromatic nitrogens is 3. The predicted molar refractivity (Wildman–Crippen MR) is 83.3 cm³/mol. The molecule has 2 aromatic rings. The molecule has 0 aliphatic heterocycles. The zero-order valence-corrected chi connectivity index (χ0v) is 13.2. The number of pyridine rings is 1. The Morgan fingerprint density at radius 2 is 2.05 bits per heavy atom. The molecule has 1 aliphatic rings. The van der Waals surface area contributed by atoms with Crippen molar-refractivity contribution in [3.63, 3.8) is 0 Å². The van der Waals surface area contributed by atoms with Crippen LogP contribution in [0.2, 0.25) is 0 Å². The van der Waals surface area contributed by atoms with Crippen molar-refractivity contribution in [3.8, 4) is 0 Å². The molecule has 1 saturated carbocycles. The number of nitrogens with zero attached hydrogens (tertiary/aromatic N) is 3. The van der Waals surface area contributed by atoms with Crippen LogP contribution < -0.4 is 0 Å². The number of imidazole rings is 1. The minimum absolute atomic E-state index is 0.516. The molecule has 1 aliphatic carbocycles. The minimum atomic E-state index is 0.516. The van der Waals surface area contributed by atoms with E-state index < -0.39 is 0 Å². The lowest BCUT2D eigenvalue weighted by Gasteiger charge is -2.22. The summed E-state index contributed by atoms with van der Waals surface area (Å²) in [6, 6.07) is 4.63. The molecule has 1 fully saturated rings. The second kappa shape index (κ2) is 5.36. The summed E-state index contributed by atoms with van der Waals surface area (Å²) in [6.07, 6.45) is 3.32. The Hall–Kier alpha value is -1.09. The van der Waals surface area contributed by atoms with Crippen molar-refractivity contribution in [2.75, 3.05) is 5.88 Å². The van der Waals surface area contributed by atoms with Gasteiger partial charge in [-0.1, -0.05) is 13.8 Å². The fourth-order valence-corrected chi connectivity index (χ4v) is 3.60. The van der Waals surface area contributed by atoms with Crippen LogP contribution >= 0.6 is 11.6 Å². The van der Waals surface area contributed by atoms with E-state index in [1.165, 1.54) is 12.8 Å². The number of fused-ring (bicyclic) bond motifs is 1. The number of halogens is 1. The maximum absolute atomic E-state index is 5.96. The number of rotatable bonds is 3. The molecule has 108 valence electrons. The fraction of sp³-hybridized carbons (Fsp3) is 0.625. The molecule has 0 radical (unpaired) electrons. The molecule has 2 aromatic heterocycles. The molecule has 0 aromatic carbocycles. The molecule has 20 heavy (non-hydrogen) atoms. The maximum Gasteiger partial charge on any atom is 0.160 e. The molecule has 2 heterocycles. The summed E-state index contributed by atoms with van der Waals surface area (Å²) >= 11 is 5.96. The van der Waals surface area contributed by atoms with E-state index in [9.17, 15) is 0 Å². The Morgan fingerprint density at radius 1 is 1.25 bits per heavy atom. The van der Waals surface area contributed by atoms with Crippen LogP contribution in [-0.4, -0.2) is 20.4 Å². The number of aryl methyl sites for hydroxylation is 2. The summed E-state index contributed by atoms with van der Waals surface area (Å²) in [4.78, 5) is 9.50. The summed E-state index contributed by atoms with van der Waals surface area (Å²) in [5.41, 5.74) is 3.09. The zero-order chi connectivity index (χ0) is 14.3. The first kappa shape index (κ1) is 13.9. The molecule has 0 N–H and O–H groups in total. The van der Waals surface area contributed by atoms with Gasteiger partial charge in [0.2, 0.25) is 0 Å². The molecule has 0 bridgehead atoms. The van der Waals surface area contributed by atoms with Crippen molar-refractivity contribution in [2.24, 2.45) is 11.8 Å². The largest absolute Gasteiger partial charge is 0.309 e. The van der Waals surface area contributed by atoms with Gasteiger partial charge in [-0.2, -0.15) is 0 Å². The topological polar surface area (TPSA) is 30.7 Å². The van der Waals surface area contributed by atoms with E-state index in [2.05, 4.69) is 24.5 Å². The second-order valence-electron chi connectivity index (χ2n) is 6.11. The molecular formula is C16H22ClN3. The van der Waals surface area contributed by atoms with E-state index in [0.717, 1.165) is 35.0 Å². The molecule has 0 spiro atoms. The zero-order valence-electron chi connectivity index (χ0n) is 12.4. The minimum Gasteiger partial charge on any atom is -0.309 e. The monoisotopic (exact) mass is 291 g/mol. The van der Waals surface area contributed by atoms with Crippen LogP contribution in [-0.2, 0) is 6.42 Å². The average molecular weight is 292 g/mol. The van der Waals surface area contributed by atoms with E-state index in [-0.39, 0.29) is 0 Å². The Bertz CT molecular complexity index is 619. The van der Waals surface area contributed by atoms with E-state index in [0.29, 0.717) is 17.8 Å². The maximum atomic E-state index is 5.96. The van der Waals surface area contributed by atoms with Crippen LogP contribution in [0.4, 0.5) is 0 Å². The summed E-state index contributed by atoms with van der Waals surface area (Å²) in [7, 11) is 0. The van der Waals surface area contributed by atoms with E-state index >= 15 is 0 Å². The van der Waals surface area contributed by atoms with Crippen LogP contribution in [0.5, 0.6) is 0 Å². The van der Waals surface area contributed by atoms with Crippen molar-refractivity contribution in [1.29, 1.82) is 0 Å². The third kappa shape index (κ3) is 2.22. The Balaban J connectivity index is 2.15. The lowest BCUT2D eigenvalue weighted by Crippen LogP contribution is -2.17. The van der Waals surface area contributed by atoms with E-state index in [1.807, 2.05) is 13.0 Å². The highest BCUT2D eigenvalue weighted by atomic mass is 35.5. The highest BCUT2D eigenvalue weighted by Gasteiger charge is 2.33. The van der Waals surface area contributed by atoms with Crippen LogP contribution in [0.25, 0.3) is 11.2 Å². The molecule has 3 unspecified atom stereocenters. The van der Waals surface area contributed by atoms with Crippen LogP contribution in [0, 0.1) is 18.8 Å². The van der Waals surface area contributed by atoms with Gasteiger partial charge >= 0.3 is 0 Å². The van der Waals surface area contributed by atoms with Gasteiger partial charge in [0, 0.05) is 24.0 Å². The van der Waals surface area contributed by atoms with Gasteiger partial charge in [-0.3, -0.25) is 0 Å². The van der Waals surface area contributed by atoms with Gasteiger partial charge in [0.25, 0.3) is 0 Å². The molecule has 0 saturated heterocycles. The van der Waals surface area contributed by atoms with E-state index in [4.69, 9.17) is 21.6 Å². The fourth-order valence-electron chi connectivity index (χ4n) is 3.43. The Labute approximate surface area is 125 Å². The normalized spacial score (nSPS) is 26.5. The van der Waals surface area contributed by atoms with Crippen LogP contribution in [0.15, 0.2) is 12.1 Å². The smallest absolute Gasteiger partial charge is 0.160 e. The van der Waals surface area contributed by atoms with E-state index in [1.54, 1.807) is 0 Å². The van der Waals surface area contributed by atoms with Crippen molar-refractivity contribution >= 4 is 22.8 Å². The van der Waals surface area contributed by atoms with Gasteiger partial charge in [-0.25, -0.2) is 9.97 Å². The lowest BCUT2D eigenvalue weighted by atomic mass is 9.97. The molecule has 4 heteroatoms. The summed E-state index contributed by atoms with van der Waals surface area (Å²) in [5, 5.41) is 0. The van der Waals surface area contributed by atoms with Crippen molar-refractivity contribution < 1.29 is 0 Å². The lowest BCUT2D eigenvalue weighted by molar-refractivity contribution is 0.351. The third-order valence-corrected chi connectivity index (χ3v) is 5.01. The van der Waals surface area contributed by atoms with Crippen LogP contribution in [0.3, 0.4) is 0 Å². The van der Waals surface area contributed by atoms with Gasteiger partial charge in [0.05, 0.1) is 0 Å². The first-order chi connectivity index (χ1) is 9.61. The average Bonchev–Trinajstić information content (AvgIpc) is 2.92. The first-order valence-corrected chi connectivity index (χ1v) is 8.05. The van der Waals surface area contributed by atoms with Gasteiger partial charge in [0.1, 0.15) is 11.3 Å². The molecule has 3 nitrogen and oxygen atoms in total. The van der Waals surface area contributed by atoms with Crippen molar-refractivity contribution in [2.45, 2.75) is 46.1 Å². The summed E-state index contributed by atoms with van der Waals surface area (Å²) < 4.78 is 2.37. The van der Waals surface area contributed by atoms with Gasteiger partial charge in [-0.05, 0) is 43.7 Å². The highest BCUT2D eigenvalue weighted by molar-refractivity contribution is 6.17. The predicted octanol–water partition coefficient (Wildman–Crippen LogP) is 4.13. The van der Waals surface area contributed by atoms with Gasteiger partial charge in [-0.15, -0.1) is 11.6 Å². The van der Waals surface area contributed by atoms with Crippen molar-refractivity contribution in [3.05, 3.63) is 23.7 Å². The first-order valence-electron chi connectivity index (χ1n) is 7.52. The molecular weight excluding hydrogens is 270 g/mol. The summed E-state index contributed by atoms with van der Waals surface area (Å²) in [6.45, 7) is 6.75. The molecule has 0 amide bonds. The van der Waals surface area contributed by atoms with Gasteiger partial charge < -0.3 is 4.57 Å². The number of alkyl halides is 1. The molecule has 3 rings (SSSR count). The standard InChI is InChI=1S/C16H22ClN3/c1-10-4-7-14(12(10)3)20-15(8-9-17)19-13-6-5-11(2)18-16(13)20/h5-6,10,12,14H,4,7-9H2,1-3H3. The quantitative estimate of drug-likeness (QED) is 0.796. The Kier molecular flexibility index (Phi) is 3.72. The summed E-state index contributed by atoms with van der Waals surface area (Å²) in [5.74, 6) is 3.15. The Morgan fingerprint density at radius 3 is 2.70 bits per heavy atom. The SMILES string of the molecule is Cc1ccc2nc(CCCl)n(C3CCC(C)C3C)c2n1. The van der Waals surface area contributed by atoms with Crippen LogP contribution in [0.1, 0.15) is 44.2 Å². The third-order valence-electron chi connectivity index (χ3n) is 4.82.